The maximum atomic E-state index is 13.0. The molecule has 0 aliphatic rings. The fourth-order valence-electron chi connectivity index (χ4n) is 1.42. The van der Waals surface area contributed by atoms with Crippen molar-refractivity contribution in [3.63, 3.8) is 0 Å². The molecule has 94 valence electrons. The molecule has 0 saturated carbocycles. The number of rotatable bonds is 3. The molecule has 5 nitrogen and oxygen atoms in total. The van der Waals surface area contributed by atoms with Gasteiger partial charge in [-0.1, -0.05) is 6.07 Å². The van der Waals surface area contributed by atoms with Crippen LogP contribution in [0, 0.1) is 11.6 Å². The summed E-state index contributed by atoms with van der Waals surface area (Å²) in [6.07, 6.45) is 0. The summed E-state index contributed by atoms with van der Waals surface area (Å²) in [5, 5.41) is 2.89. The van der Waals surface area contributed by atoms with E-state index in [1.807, 2.05) is 0 Å². The van der Waals surface area contributed by atoms with E-state index in [1.54, 1.807) is 0 Å². The van der Waals surface area contributed by atoms with Gasteiger partial charge in [0.15, 0.2) is 11.6 Å². The third-order valence-corrected chi connectivity index (χ3v) is 2.22. The molecule has 0 amide bonds. The van der Waals surface area contributed by atoms with Crippen LogP contribution in [-0.2, 0) is 6.54 Å². The van der Waals surface area contributed by atoms with Gasteiger partial charge < -0.3 is 16.8 Å². The Hall–Kier alpha value is -2.44. The van der Waals surface area contributed by atoms with Gasteiger partial charge in [-0.3, -0.25) is 0 Å². The molecule has 18 heavy (non-hydrogen) atoms. The lowest BCUT2D eigenvalue weighted by atomic mass is 10.2. The second-order valence-electron chi connectivity index (χ2n) is 3.64. The summed E-state index contributed by atoms with van der Waals surface area (Å²) in [6, 6.07) is 5.14. The highest BCUT2D eigenvalue weighted by molar-refractivity contribution is 5.48. The molecule has 2 rings (SSSR count). The lowest BCUT2D eigenvalue weighted by Gasteiger charge is -2.07. The highest BCUT2D eigenvalue weighted by Crippen LogP contribution is 2.13. The molecule has 0 radical (unpaired) electrons. The van der Waals surface area contributed by atoms with Crippen LogP contribution < -0.4 is 16.8 Å². The summed E-state index contributed by atoms with van der Waals surface area (Å²) < 4.78 is 25.7. The highest BCUT2D eigenvalue weighted by atomic mass is 19.2. The number of benzene rings is 1. The minimum atomic E-state index is -0.893. The third-order valence-electron chi connectivity index (χ3n) is 2.22. The van der Waals surface area contributed by atoms with Crippen molar-refractivity contribution in [2.24, 2.45) is 0 Å². The normalized spacial score (nSPS) is 10.3. The van der Waals surface area contributed by atoms with Crippen molar-refractivity contribution in [1.82, 2.24) is 9.97 Å². The van der Waals surface area contributed by atoms with E-state index in [0.717, 1.165) is 12.1 Å². The molecule has 7 heteroatoms. The van der Waals surface area contributed by atoms with Gasteiger partial charge in [-0.2, -0.15) is 9.97 Å². The van der Waals surface area contributed by atoms with E-state index in [2.05, 4.69) is 15.3 Å². The van der Waals surface area contributed by atoms with E-state index in [4.69, 9.17) is 11.5 Å². The second-order valence-corrected chi connectivity index (χ2v) is 3.64. The van der Waals surface area contributed by atoms with Gasteiger partial charge in [0, 0.05) is 12.6 Å². The average Bonchev–Trinajstić information content (AvgIpc) is 2.29. The molecule has 0 aliphatic carbocycles. The number of halogens is 2. The zero-order valence-corrected chi connectivity index (χ0v) is 9.32. The summed E-state index contributed by atoms with van der Waals surface area (Å²) in [5.41, 5.74) is 11.5. The molecule has 2 aromatic rings. The van der Waals surface area contributed by atoms with E-state index in [0.29, 0.717) is 11.4 Å². The number of nitrogen functional groups attached to an aromatic ring is 2. The Morgan fingerprint density at radius 3 is 2.50 bits per heavy atom. The molecule has 1 aromatic heterocycles. The molecule has 0 unspecified atom stereocenters. The Kier molecular flexibility index (Phi) is 3.22. The number of nitrogens with zero attached hydrogens (tertiary/aromatic N) is 2. The van der Waals surface area contributed by atoms with Crippen LogP contribution in [0.4, 0.5) is 26.4 Å². The number of hydrogen-bond donors (Lipinski definition) is 3. The highest BCUT2D eigenvalue weighted by Gasteiger charge is 2.03. The second kappa shape index (κ2) is 4.82. The van der Waals surface area contributed by atoms with Crippen LogP contribution in [0.5, 0.6) is 0 Å². The number of nitrogens with two attached hydrogens (primary N) is 2. The Bertz CT molecular complexity index is 553. The topological polar surface area (TPSA) is 89.8 Å². The zero-order valence-electron chi connectivity index (χ0n) is 9.32. The van der Waals surface area contributed by atoms with Crippen LogP contribution in [-0.4, -0.2) is 9.97 Å². The summed E-state index contributed by atoms with van der Waals surface area (Å²) in [7, 11) is 0. The third kappa shape index (κ3) is 2.82. The van der Waals surface area contributed by atoms with Crippen LogP contribution in [0.2, 0.25) is 0 Å². The smallest absolute Gasteiger partial charge is 0.223 e. The van der Waals surface area contributed by atoms with Crippen molar-refractivity contribution in [2.75, 3.05) is 16.8 Å². The van der Waals surface area contributed by atoms with Crippen molar-refractivity contribution in [3.8, 4) is 0 Å². The fraction of sp³-hybridized carbons (Fsp3) is 0.0909. The van der Waals surface area contributed by atoms with Crippen LogP contribution in [0.1, 0.15) is 5.56 Å². The first-order chi connectivity index (χ1) is 8.54. The monoisotopic (exact) mass is 251 g/mol. The molecule has 1 heterocycles. The van der Waals surface area contributed by atoms with Crippen LogP contribution in [0.3, 0.4) is 0 Å². The standard InChI is InChI=1S/C11H11F2N5/c12-7-2-1-6(3-8(7)13)5-16-10-4-9(14)17-11(15)18-10/h1-4H,5H2,(H5,14,15,16,17,18). The molecule has 5 N–H and O–H groups in total. The molecule has 0 bridgehead atoms. The Morgan fingerprint density at radius 1 is 1.06 bits per heavy atom. The Balaban J connectivity index is 2.08. The Labute approximate surface area is 102 Å². The van der Waals surface area contributed by atoms with Gasteiger partial charge in [-0.05, 0) is 17.7 Å². The predicted molar refractivity (Wildman–Crippen MR) is 64.5 cm³/mol. The molecule has 0 fully saturated rings. The van der Waals surface area contributed by atoms with Crippen molar-refractivity contribution in [2.45, 2.75) is 6.54 Å². The van der Waals surface area contributed by atoms with Gasteiger partial charge >= 0.3 is 0 Å². The lowest BCUT2D eigenvalue weighted by molar-refractivity contribution is 0.507. The molecule has 0 aliphatic heterocycles. The van der Waals surface area contributed by atoms with Gasteiger partial charge in [0.2, 0.25) is 5.95 Å². The molecular formula is C11H11F2N5. The summed E-state index contributed by atoms with van der Waals surface area (Å²) in [5.74, 6) is -1.08. The summed E-state index contributed by atoms with van der Waals surface area (Å²) in [4.78, 5) is 7.61. The maximum Gasteiger partial charge on any atom is 0.223 e. The van der Waals surface area contributed by atoms with Gasteiger partial charge in [0.1, 0.15) is 11.6 Å². The minimum Gasteiger partial charge on any atom is -0.383 e. The fourth-order valence-corrected chi connectivity index (χ4v) is 1.42. The average molecular weight is 251 g/mol. The first-order valence-corrected chi connectivity index (χ1v) is 5.12. The molecule has 1 aromatic carbocycles. The van der Waals surface area contributed by atoms with Crippen LogP contribution in [0.25, 0.3) is 0 Å². The first-order valence-electron chi connectivity index (χ1n) is 5.12. The quantitative estimate of drug-likeness (QED) is 0.769. The summed E-state index contributed by atoms with van der Waals surface area (Å²) in [6.45, 7) is 0.271. The van der Waals surface area contributed by atoms with Crippen molar-refractivity contribution >= 4 is 17.6 Å². The largest absolute Gasteiger partial charge is 0.383 e. The predicted octanol–water partition coefficient (Wildman–Crippen LogP) is 1.53. The van der Waals surface area contributed by atoms with E-state index in [-0.39, 0.29) is 18.3 Å². The van der Waals surface area contributed by atoms with E-state index >= 15 is 0 Å². The van der Waals surface area contributed by atoms with E-state index in [9.17, 15) is 8.78 Å². The first kappa shape index (κ1) is 12.0. The number of hydrogen-bond acceptors (Lipinski definition) is 5. The van der Waals surface area contributed by atoms with Crippen LogP contribution in [0.15, 0.2) is 24.3 Å². The molecule has 0 saturated heterocycles. The van der Waals surface area contributed by atoms with Gasteiger partial charge in [-0.15, -0.1) is 0 Å². The summed E-state index contributed by atoms with van der Waals surface area (Å²) >= 11 is 0. The lowest BCUT2D eigenvalue weighted by Crippen LogP contribution is -2.06. The number of nitrogens with one attached hydrogen (secondary N) is 1. The van der Waals surface area contributed by atoms with Gasteiger partial charge in [0.25, 0.3) is 0 Å². The van der Waals surface area contributed by atoms with E-state index in [1.165, 1.54) is 12.1 Å². The van der Waals surface area contributed by atoms with Crippen molar-refractivity contribution in [3.05, 3.63) is 41.5 Å². The molecule has 0 spiro atoms. The molecule has 0 atom stereocenters. The van der Waals surface area contributed by atoms with Crippen molar-refractivity contribution < 1.29 is 8.78 Å². The van der Waals surface area contributed by atoms with Gasteiger partial charge in [0.05, 0.1) is 0 Å². The SMILES string of the molecule is Nc1cc(NCc2ccc(F)c(F)c2)nc(N)n1. The maximum absolute atomic E-state index is 13.0. The van der Waals surface area contributed by atoms with Gasteiger partial charge in [-0.25, -0.2) is 8.78 Å². The zero-order chi connectivity index (χ0) is 13.1. The van der Waals surface area contributed by atoms with Crippen molar-refractivity contribution in [1.29, 1.82) is 0 Å². The molecular weight excluding hydrogens is 240 g/mol. The minimum absolute atomic E-state index is 0.0442. The number of anilines is 3. The van der Waals surface area contributed by atoms with E-state index < -0.39 is 11.6 Å². The van der Waals surface area contributed by atoms with Crippen LogP contribution >= 0.6 is 0 Å². The number of aromatic nitrogens is 2. The Morgan fingerprint density at radius 2 is 1.83 bits per heavy atom.